The number of nitrogens with one attached hydrogen (secondary N) is 1. The van der Waals surface area contributed by atoms with Crippen LogP contribution in [0.3, 0.4) is 0 Å². The number of hydrogen-bond acceptors (Lipinski definition) is 3. The van der Waals surface area contributed by atoms with Crippen molar-refractivity contribution in [1.82, 2.24) is 10.4 Å². The minimum absolute atomic E-state index is 0.278. The van der Waals surface area contributed by atoms with E-state index in [4.69, 9.17) is 0 Å². The van der Waals surface area contributed by atoms with Crippen molar-refractivity contribution in [2.75, 3.05) is 0 Å². The molecular weight excluding hydrogens is 374 g/mol. The first-order valence-corrected chi connectivity index (χ1v) is 10.2. The van der Waals surface area contributed by atoms with Gasteiger partial charge in [-0.1, -0.05) is 54.6 Å². The summed E-state index contributed by atoms with van der Waals surface area (Å²) >= 11 is 0. The molecule has 1 aliphatic heterocycles. The Morgan fingerprint density at radius 3 is 2.13 bits per heavy atom. The molecule has 0 atom stereocenters. The lowest BCUT2D eigenvalue weighted by atomic mass is 9.92. The van der Waals surface area contributed by atoms with Gasteiger partial charge in [0.25, 0.3) is 5.91 Å². The standard InChI is InChI=1S/C25H24N3O2/c1-24(2)22(27-25(3,4)28(24)30)23(29)26-14-18-11-10-17-9-8-15-6-5-7-16-12-13-19(18)21(17)20(15)16/h5-13H,14H2,1-4H3,(H,26,29). The SMILES string of the molecule is CC1(C)N=C(C(=O)NCc2ccc3ccc4cccc5ccc2c3c45)C(C)(C)N1[O]. The molecule has 0 unspecified atom stereocenters. The number of hydroxylamine groups is 2. The number of nitrogens with zero attached hydrogens (tertiary/aromatic N) is 2. The minimum Gasteiger partial charge on any atom is -0.347 e. The van der Waals surface area contributed by atoms with Gasteiger partial charge in [-0.15, -0.1) is 10.3 Å². The highest BCUT2D eigenvalue weighted by molar-refractivity contribution is 6.42. The monoisotopic (exact) mass is 398 g/mol. The zero-order valence-electron chi connectivity index (χ0n) is 17.6. The topological polar surface area (TPSA) is 64.6 Å². The van der Waals surface area contributed by atoms with Gasteiger partial charge in [0.15, 0.2) is 0 Å². The molecule has 0 saturated heterocycles. The number of carbonyl (C=O) groups is 1. The van der Waals surface area contributed by atoms with Gasteiger partial charge in [-0.2, -0.15) is 0 Å². The van der Waals surface area contributed by atoms with Gasteiger partial charge in [-0.05, 0) is 65.6 Å². The molecule has 5 rings (SSSR count). The summed E-state index contributed by atoms with van der Waals surface area (Å²) in [5.41, 5.74) is -0.580. The van der Waals surface area contributed by atoms with Gasteiger partial charge < -0.3 is 5.32 Å². The Kier molecular flexibility index (Phi) is 3.95. The largest absolute Gasteiger partial charge is 0.347 e. The molecule has 4 aromatic carbocycles. The number of benzene rings is 4. The lowest BCUT2D eigenvalue weighted by Crippen LogP contribution is -2.52. The molecule has 0 saturated carbocycles. The van der Waals surface area contributed by atoms with E-state index >= 15 is 0 Å². The van der Waals surface area contributed by atoms with Gasteiger partial charge in [-0.3, -0.25) is 9.79 Å². The van der Waals surface area contributed by atoms with Gasteiger partial charge in [0.2, 0.25) is 0 Å². The van der Waals surface area contributed by atoms with E-state index in [0.717, 1.165) is 16.0 Å². The second-order valence-electron chi connectivity index (χ2n) is 9.07. The number of carbonyl (C=O) groups excluding carboxylic acids is 1. The van der Waals surface area contributed by atoms with Gasteiger partial charge in [0.05, 0.1) is 5.54 Å². The summed E-state index contributed by atoms with van der Waals surface area (Å²) in [6.07, 6.45) is 0. The van der Waals surface area contributed by atoms with Gasteiger partial charge in [0.1, 0.15) is 11.4 Å². The van der Waals surface area contributed by atoms with E-state index in [-0.39, 0.29) is 11.6 Å². The quantitative estimate of drug-likeness (QED) is 0.503. The van der Waals surface area contributed by atoms with Crippen molar-refractivity contribution in [3.05, 3.63) is 60.2 Å². The molecule has 0 aromatic heterocycles. The Morgan fingerprint density at radius 1 is 0.900 bits per heavy atom. The summed E-state index contributed by atoms with van der Waals surface area (Å²) in [6.45, 7) is 7.31. The smallest absolute Gasteiger partial charge is 0.267 e. The zero-order chi connectivity index (χ0) is 21.3. The normalized spacial score (nSPS) is 18.4. The summed E-state index contributed by atoms with van der Waals surface area (Å²) in [5, 5.41) is 23.6. The molecule has 1 radical (unpaired) electrons. The van der Waals surface area contributed by atoms with Gasteiger partial charge in [-0.25, -0.2) is 0 Å². The van der Waals surface area contributed by atoms with Crippen molar-refractivity contribution in [3.8, 4) is 0 Å². The van der Waals surface area contributed by atoms with Gasteiger partial charge >= 0.3 is 0 Å². The maximum Gasteiger partial charge on any atom is 0.267 e. The van der Waals surface area contributed by atoms with Crippen molar-refractivity contribution in [2.45, 2.75) is 45.4 Å². The molecule has 5 heteroatoms. The Balaban J connectivity index is 1.51. The van der Waals surface area contributed by atoms with Crippen molar-refractivity contribution in [3.63, 3.8) is 0 Å². The fourth-order valence-corrected chi connectivity index (χ4v) is 4.77. The van der Waals surface area contributed by atoms with Crippen LogP contribution >= 0.6 is 0 Å². The summed E-state index contributed by atoms with van der Waals surface area (Å²) in [6, 6.07) is 19.1. The third kappa shape index (κ3) is 2.62. The van der Waals surface area contributed by atoms with Crippen LogP contribution < -0.4 is 5.32 Å². The van der Waals surface area contributed by atoms with E-state index < -0.39 is 11.2 Å². The summed E-state index contributed by atoms with van der Waals surface area (Å²) in [4.78, 5) is 17.3. The fourth-order valence-electron chi connectivity index (χ4n) is 4.77. The molecule has 1 heterocycles. The predicted octanol–water partition coefficient (Wildman–Crippen LogP) is 4.82. The first-order chi connectivity index (χ1) is 14.2. The van der Waals surface area contributed by atoms with Crippen LogP contribution in [0.1, 0.15) is 33.3 Å². The Labute approximate surface area is 175 Å². The predicted molar refractivity (Wildman–Crippen MR) is 120 cm³/mol. The summed E-state index contributed by atoms with van der Waals surface area (Å²) in [7, 11) is 0. The molecule has 0 aliphatic carbocycles. The van der Waals surface area contributed by atoms with E-state index in [9.17, 15) is 10.0 Å². The molecule has 1 aliphatic rings. The van der Waals surface area contributed by atoms with Crippen LogP contribution in [-0.2, 0) is 16.5 Å². The molecule has 0 fully saturated rings. The van der Waals surface area contributed by atoms with Crippen LogP contribution in [0.5, 0.6) is 0 Å². The lowest BCUT2D eigenvalue weighted by molar-refractivity contribution is -0.241. The number of rotatable bonds is 3. The molecule has 5 nitrogen and oxygen atoms in total. The van der Waals surface area contributed by atoms with Crippen LogP contribution in [0.2, 0.25) is 0 Å². The Hall–Kier alpha value is -3.02. The van der Waals surface area contributed by atoms with Crippen molar-refractivity contribution < 1.29 is 10.0 Å². The molecule has 4 aromatic rings. The second kappa shape index (κ2) is 6.24. The lowest BCUT2D eigenvalue weighted by Gasteiger charge is -2.30. The third-order valence-electron chi connectivity index (χ3n) is 6.24. The highest BCUT2D eigenvalue weighted by Crippen LogP contribution is 2.36. The van der Waals surface area contributed by atoms with E-state index in [1.165, 1.54) is 26.9 Å². The number of aliphatic imine (C=N–C) groups is 1. The Bertz CT molecular complexity index is 1320. The molecule has 1 amide bonds. The van der Waals surface area contributed by atoms with Crippen LogP contribution in [0.25, 0.3) is 32.3 Å². The molecule has 0 spiro atoms. The summed E-state index contributed by atoms with van der Waals surface area (Å²) in [5.74, 6) is -0.294. The van der Waals surface area contributed by atoms with Crippen molar-refractivity contribution >= 4 is 43.9 Å². The highest BCUT2D eigenvalue weighted by Gasteiger charge is 2.50. The second-order valence-corrected chi connectivity index (χ2v) is 9.07. The fraction of sp³-hybridized carbons (Fsp3) is 0.280. The number of amides is 1. The van der Waals surface area contributed by atoms with E-state index in [1.807, 2.05) is 0 Å². The van der Waals surface area contributed by atoms with Gasteiger partial charge in [0, 0.05) is 6.54 Å². The molecule has 0 bridgehead atoms. The third-order valence-corrected chi connectivity index (χ3v) is 6.24. The first kappa shape index (κ1) is 19.0. The van der Waals surface area contributed by atoms with Crippen LogP contribution in [0, 0.1) is 0 Å². The van der Waals surface area contributed by atoms with E-state index in [0.29, 0.717) is 6.54 Å². The molecule has 1 N–H and O–H groups in total. The molecular formula is C25H24N3O2. The van der Waals surface area contributed by atoms with Crippen LogP contribution in [0.4, 0.5) is 0 Å². The average Bonchev–Trinajstić information content (AvgIpc) is 2.90. The molecule has 151 valence electrons. The minimum atomic E-state index is -0.962. The molecule has 30 heavy (non-hydrogen) atoms. The van der Waals surface area contributed by atoms with Crippen molar-refractivity contribution in [2.24, 2.45) is 4.99 Å². The van der Waals surface area contributed by atoms with E-state index in [2.05, 4.69) is 64.9 Å². The number of hydrogen-bond donors (Lipinski definition) is 1. The van der Waals surface area contributed by atoms with E-state index in [1.54, 1.807) is 27.7 Å². The Morgan fingerprint density at radius 2 is 1.50 bits per heavy atom. The maximum absolute atomic E-state index is 12.9. The maximum atomic E-state index is 12.9. The average molecular weight is 398 g/mol. The van der Waals surface area contributed by atoms with Crippen molar-refractivity contribution in [1.29, 1.82) is 0 Å². The zero-order valence-corrected chi connectivity index (χ0v) is 17.6. The van der Waals surface area contributed by atoms with Crippen LogP contribution in [0.15, 0.2) is 59.6 Å². The highest BCUT2D eigenvalue weighted by atomic mass is 16.5. The van der Waals surface area contributed by atoms with Crippen LogP contribution in [-0.4, -0.2) is 27.9 Å². The first-order valence-electron chi connectivity index (χ1n) is 10.2. The summed E-state index contributed by atoms with van der Waals surface area (Å²) < 4.78 is 0.